The average molecular weight is 225 g/mol. The molecule has 0 aliphatic carbocycles. The molecule has 1 aliphatic heterocycles. The van der Waals surface area contributed by atoms with E-state index < -0.39 is 0 Å². The summed E-state index contributed by atoms with van der Waals surface area (Å²) in [6.45, 7) is 3.32. The standard InChI is InChI=1S/C11H19N3S/c1-8(12-2)10-7-15-11(14-10)6-9-4-3-5-13-9/h7-9,12-13H,3-6H2,1-2H3. The van der Waals surface area contributed by atoms with Gasteiger partial charge in [-0.1, -0.05) is 0 Å². The fraction of sp³-hybridized carbons (Fsp3) is 0.727. The first-order valence-corrected chi connectivity index (χ1v) is 6.52. The summed E-state index contributed by atoms with van der Waals surface area (Å²) in [5, 5.41) is 10.2. The minimum atomic E-state index is 0.367. The van der Waals surface area contributed by atoms with Crippen molar-refractivity contribution in [3.8, 4) is 0 Å². The van der Waals surface area contributed by atoms with Crippen molar-refractivity contribution in [3.05, 3.63) is 16.1 Å². The molecular weight excluding hydrogens is 206 g/mol. The highest BCUT2D eigenvalue weighted by molar-refractivity contribution is 7.09. The summed E-state index contributed by atoms with van der Waals surface area (Å²) in [4.78, 5) is 4.66. The van der Waals surface area contributed by atoms with Crippen LogP contribution in [0.4, 0.5) is 0 Å². The smallest absolute Gasteiger partial charge is 0.0944 e. The molecule has 2 unspecified atom stereocenters. The molecule has 1 aliphatic rings. The molecule has 2 heterocycles. The van der Waals surface area contributed by atoms with E-state index in [-0.39, 0.29) is 0 Å². The minimum Gasteiger partial charge on any atom is -0.314 e. The molecule has 1 aromatic heterocycles. The SMILES string of the molecule is CNC(C)c1csc(CC2CCCN2)n1. The van der Waals surface area contributed by atoms with Crippen molar-refractivity contribution in [3.63, 3.8) is 0 Å². The van der Waals surface area contributed by atoms with Crippen molar-refractivity contribution in [2.45, 2.75) is 38.3 Å². The number of nitrogens with zero attached hydrogens (tertiary/aromatic N) is 1. The second-order valence-corrected chi connectivity index (χ2v) is 5.12. The topological polar surface area (TPSA) is 37.0 Å². The van der Waals surface area contributed by atoms with Crippen LogP contribution in [0.3, 0.4) is 0 Å². The molecular formula is C11H19N3S. The third kappa shape index (κ3) is 2.77. The molecule has 1 saturated heterocycles. The second kappa shape index (κ2) is 5.05. The van der Waals surface area contributed by atoms with Gasteiger partial charge in [0.05, 0.1) is 10.7 Å². The highest BCUT2D eigenvalue weighted by Crippen LogP contribution is 2.19. The number of hydrogen-bond donors (Lipinski definition) is 2. The van der Waals surface area contributed by atoms with Crippen molar-refractivity contribution >= 4 is 11.3 Å². The van der Waals surface area contributed by atoms with Gasteiger partial charge in [0.25, 0.3) is 0 Å². The largest absolute Gasteiger partial charge is 0.314 e. The first-order valence-electron chi connectivity index (χ1n) is 5.64. The van der Waals surface area contributed by atoms with E-state index in [0.717, 1.165) is 6.42 Å². The van der Waals surface area contributed by atoms with Gasteiger partial charge in [-0.05, 0) is 33.4 Å². The monoisotopic (exact) mass is 225 g/mol. The Kier molecular flexibility index (Phi) is 3.72. The first kappa shape index (κ1) is 11.0. The van der Waals surface area contributed by atoms with Gasteiger partial charge >= 0.3 is 0 Å². The Morgan fingerprint density at radius 1 is 1.73 bits per heavy atom. The highest BCUT2D eigenvalue weighted by Gasteiger charge is 2.16. The Balaban J connectivity index is 1.94. The van der Waals surface area contributed by atoms with Gasteiger partial charge in [-0.3, -0.25) is 0 Å². The minimum absolute atomic E-state index is 0.367. The number of nitrogens with one attached hydrogen (secondary N) is 2. The quantitative estimate of drug-likeness (QED) is 0.819. The van der Waals surface area contributed by atoms with Crippen LogP contribution in [-0.4, -0.2) is 24.6 Å². The maximum atomic E-state index is 4.66. The molecule has 0 amide bonds. The summed E-state index contributed by atoms with van der Waals surface area (Å²) in [6, 6.07) is 1.03. The maximum Gasteiger partial charge on any atom is 0.0944 e. The fourth-order valence-corrected chi connectivity index (χ4v) is 2.88. The van der Waals surface area contributed by atoms with E-state index in [0.29, 0.717) is 12.1 Å². The molecule has 84 valence electrons. The van der Waals surface area contributed by atoms with Crippen molar-refractivity contribution < 1.29 is 0 Å². The lowest BCUT2D eigenvalue weighted by Gasteiger charge is -2.07. The van der Waals surface area contributed by atoms with Gasteiger partial charge in [-0.2, -0.15) is 0 Å². The third-order valence-electron chi connectivity index (χ3n) is 3.03. The van der Waals surface area contributed by atoms with E-state index >= 15 is 0 Å². The number of rotatable bonds is 4. The summed E-state index contributed by atoms with van der Waals surface area (Å²) >= 11 is 1.79. The Bertz CT molecular complexity index is 305. The van der Waals surface area contributed by atoms with Crippen LogP contribution in [0.15, 0.2) is 5.38 Å². The molecule has 2 rings (SSSR count). The zero-order valence-electron chi connectivity index (χ0n) is 9.42. The number of hydrogen-bond acceptors (Lipinski definition) is 4. The lowest BCUT2D eigenvalue weighted by atomic mass is 10.2. The summed E-state index contributed by atoms with van der Waals surface area (Å²) in [5.74, 6) is 0. The van der Waals surface area contributed by atoms with Gasteiger partial charge in [0.15, 0.2) is 0 Å². The summed E-state index contributed by atoms with van der Waals surface area (Å²) in [5.41, 5.74) is 1.18. The van der Waals surface area contributed by atoms with Crippen molar-refractivity contribution in [1.29, 1.82) is 0 Å². The maximum absolute atomic E-state index is 4.66. The van der Waals surface area contributed by atoms with E-state index in [9.17, 15) is 0 Å². The molecule has 4 heteroatoms. The van der Waals surface area contributed by atoms with Gasteiger partial charge in [-0.15, -0.1) is 11.3 Å². The number of thiazole rings is 1. The Hall–Kier alpha value is -0.450. The molecule has 0 aromatic carbocycles. The normalized spacial score (nSPS) is 23.2. The lowest BCUT2D eigenvalue weighted by molar-refractivity contribution is 0.593. The Morgan fingerprint density at radius 2 is 2.60 bits per heavy atom. The second-order valence-electron chi connectivity index (χ2n) is 4.17. The van der Waals surface area contributed by atoms with E-state index in [1.165, 1.54) is 30.1 Å². The van der Waals surface area contributed by atoms with E-state index in [2.05, 4.69) is 27.9 Å². The third-order valence-corrected chi connectivity index (χ3v) is 3.92. The summed E-state index contributed by atoms with van der Waals surface area (Å²) in [6.07, 6.45) is 3.72. The molecule has 0 bridgehead atoms. The number of aromatic nitrogens is 1. The van der Waals surface area contributed by atoms with Crippen molar-refractivity contribution in [1.82, 2.24) is 15.6 Å². The van der Waals surface area contributed by atoms with Gasteiger partial charge in [-0.25, -0.2) is 4.98 Å². The summed E-state index contributed by atoms with van der Waals surface area (Å²) in [7, 11) is 1.97. The zero-order valence-corrected chi connectivity index (χ0v) is 10.2. The molecule has 2 N–H and O–H groups in total. The average Bonchev–Trinajstić information content (AvgIpc) is 2.88. The van der Waals surface area contributed by atoms with Crippen LogP contribution in [-0.2, 0) is 6.42 Å². The molecule has 1 aromatic rings. The molecule has 0 radical (unpaired) electrons. The van der Waals surface area contributed by atoms with E-state index in [1.54, 1.807) is 11.3 Å². The van der Waals surface area contributed by atoms with Gasteiger partial charge < -0.3 is 10.6 Å². The van der Waals surface area contributed by atoms with Crippen LogP contribution >= 0.6 is 11.3 Å². The highest BCUT2D eigenvalue weighted by atomic mass is 32.1. The van der Waals surface area contributed by atoms with Crippen LogP contribution in [0, 0.1) is 0 Å². The summed E-state index contributed by atoms with van der Waals surface area (Å²) < 4.78 is 0. The fourth-order valence-electron chi connectivity index (χ4n) is 1.91. The van der Waals surface area contributed by atoms with Crippen LogP contribution in [0.25, 0.3) is 0 Å². The molecule has 2 atom stereocenters. The molecule has 3 nitrogen and oxygen atoms in total. The van der Waals surface area contributed by atoms with Crippen LogP contribution < -0.4 is 10.6 Å². The van der Waals surface area contributed by atoms with E-state index in [4.69, 9.17) is 0 Å². The Morgan fingerprint density at radius 3 is 3.27 bits per heavy atom. The van der Waals surface area contributed by atoms with Crippen LogP contribution in [0.1, 0.15) is 36.5 Å². The predicted octanol–water partition coefficient (Wildman–Crippen LogP) is 1.72. The van der Waals surface area contributed by atoms with E-state index in [1.807, 2.05) is 7.05 Å². The van der Waals surface area contributed by atoms with Crippen LogP contribution in [0.5, 0.6) is 0 Å². The molecule has 0 spiro atoms. The predicted molar refractivity (Wildman–Crippen MR) is 64.3 cm³/mol. The molecule has 0 saturated carbocycles. The zero-order chi connectivity index (χ0) is 10.7. The van der Waals surface area contributed by atoms with Gasteiger partial charge in [0.1, 0.15) is 0 Å². The van der Waals surface area contributed by atoms with Crippen molar-refractivity contribution in [2.24, 2.45) is 0 Å². The molecule has 1 fully saturated rings. The van der Waals surface area contributed by atoms with Gasteiger partial charge in [0, 0.05) is 23.9 Å². The van der Waals surface area contributed by atoms with Crippen molar-refractivity contribution in [2.75, 3.05) is 13.6 Å². The van der Waals surface area contributed by atoms with Gasteiger partial charge in [0.2, 0.25) is 0 Å². The van der Waals surface area contributed by atoms with Crippen LogP contribution in [0.2, 0.25) is 0 Å². The molecule has 15 heavy (non-hydrogen) atoms. The Labute approximate surface area is 95.3 Å². The lowest BCUT2D eigenvalue weighted by Crippen LogP contribution is -2.23. The first-order chi connectivity index (χ1) is 7.29.